The zero-order valence-corrected chi connectivity index (χ0v) is 14.5. The van der Waals surface area contributed by atoms with Gasteiger partial charge in [-0.05, 0) is 25.1 Å². The first-order valence-electron chi connectivity index (χ1n) is 7.69. The monoisotopic (exact) mass is 372 g/mol. The van der Waals surface area contributed by atoms with Crippen LogP contribution in [0.4, 0.5) is 4.39 Å². The molecule has 0 spiro atoms. The number of halogens is 1. The van der Waals surface area contributed by atoms with Crippen LogP contribution in [0.2, 0.25) is 0 Å². The Morgan fingerprint density at radius 1 is 1.19 bits per heavy atom. The largest absolute Gasteiger partial charge is 0.414 e. The summed E-state index contributed by atoms with van der Waals surface area (Å²) in [7, 11) is 0. The summed E-state index contributed by atoms with van der Waals surface area (Å²) in [6.45, 7) is 2.36. The second kappa shape index (κ2) is 7.08. The number of aryl methyl sites for hydroxylation is 1. The molecule has 26 heavy (non-hydrogen) atoms. The van der Waals surface area contributed by atoms with Crippen molar-refractivity contribution in [1.29, 1.82) is 0 Å². The van der Waals surface area contributed by atoms with Gasteiger partial charge in [-0.1, -0.05) is 29.1 Å². The van der Waals surface area contributed by atoms with E-state index in [2.05, 4.69) is 25.4 Å². The molecule has 3 heterocycles. The molecule has 4 aromatic rings. The van der Waals surface area contributed by atoms with E-state index >= 15 is 0 Å². The maximum Gasteiger partial charge on any atom is 0.277 e. The number of nitrogens with zero attached hydrogens (tertiary/aromatic N) is 6. The minimum Gasteiger partial charge on any atom is -0.414 e. The van der Waals surface area contributed by atoms with Crippen molar-refractivity contribution in [3.8, 4) is 11.4 Å². The molecule has 0 atom stereocenters. The number of thioether (sulfide) groups is 1. The van der Waals surface area contributed by atoms with Crippen molar-refractivity contribution in [1.82, 2.24) is 30.1 Å². The van der Waals surface area contributed by atoms with Gasteiger partial charge in [-0.3, -0.25) is 4.68 Å². The van der Waals surface area contributed by atoms with Crippen molar-refractivity contribution >= 4 is 11.8 Å². The maximum absolute atomic E-state index is 13.3. The van der Waals surface area contributed by atoms with Gasteiger partial charge in [-0.2, -0.15) is 10.1 Å². The van der Waals surface area contributed by atoms with E-state index in [1.165, 1.54) is 23.9 Å². The number of hydrogen-bond donors (Lipinski definition) is 0. The Kier molecular flexibility index (Phi) is 4.48. The van der Waals surface area contributed by atoms with Crippen LogP contribution in [0, 0.1) is 12.7 Å². The van der Waals surface area contributed by atoms with Gasteiger partial charge >= 0.3 is 0 Å². The highest BCUT2D eigenvalue weighted by Crippen LogP contribution is 2.23. The molecule has 10 heteroatoms. The second-order valence-corrected chi connectivity index (χ2v) is 6.33. The van der Waals surface area contributed by atoms with Crippen molar-refractivity contribution in [2.75, 3.05) is 0 Å². The zero-order chi connectivity index (χ0) is 17.9. The van der Waals surface area contributed by atoms with E-state index in [9.17, 15) is 4.39 Å². The fraction of sp³-hybridized carbons (Fsp3) is 0.188. The van der Waals surface area contributed by atoms with Crippen LogP contribution in [0.25, 0.3) is 11.4 Å². The van der Waals surface area contributed by atoms with E-state index in [0.29, 0.717) is 40.7 Å². The van der Waals surface area contributed by atoms with Gasteiger partial charge in [-0.25, -0.2) is 4.39 Å². The molecule has 8 nitrogen and oxygen atoms in total. The molecule has 0 unspecified atom stereocenters. The lowest BCUT2D eigenvalue weighted by Crippen LogP contribution is -2.03. The molecule has 0 saturated heterocycles. The van der Waals surface area contributed by atoms with Gasteiger partial charge in [0.25, 0.3) is 5.22 Å². The summed E-state index contributed by atoms with van der Waals surface area (Å²) >= 11 is 1.28. The van der Waals surface area contributed by atoms with Crippen LogP contribution in [0.15, 0.2) is 50.7 Å². The Labute approximate surface area is 151 Å². The molecule has 132 valence electrons. The topological polar surface area (TPSA) is 95.7 Å². The summed E-state index contributed by atoms with van der Waals surface area (Å²) in [5.41, 5.74) is 1.56. The van der Waals surface area contributed by atoms with Gasteiger partial charge in [0.05, 0.1) is 5.75 Å². The lowest BCUT2D eigenvalue weighted by Gasteiger charge is -1.98. The highest BCUT2D eigenvalue weighted by molar-refractivity contribution is 7.98. The third kappa shape index (κ3) is 3.64. The Morgan fingerprint density at radius 3 is 2.92 bits per heavy atom. The number of benzene rings is 1. The van der Waals surface area contributed by atoms with Gasteiger partial charge in [0.15, 0.2) is 0 Å². The van der Waals surface area contributed by atoms with Crippen LogP contribution in [-0.4, -0.2) is 30.1 Å². The summed E-state index contributed by atoms with van der Waals surface area (Å²) < 4.78 is 25.8. The summed E-state index contributed by atoms with van der Waals surface area (Å²) in [5, 5.41) is 16.4. The Bertz CT molecular complexity index is 1030. The highest BCUT2D eigenvalue weighted by atomic mass is 32.2. The van der Waals surface area contributed by atoms with Crippen molar-refractivity contribution in [3.63, 3.8) is 0 Å². The average Bonchev–Trinajstić information content (AvgIpc) is 3.36. The van der Waals surface area contributed by atoms with Crippen LogP contribution in [0.1, 0.15) is 17.5 Å². The molecule has 1 aromatic carbocycles. The molecule has 0 N–H and O–H groups in total. The van der Waals surface area contributed by atoms with Crippen molar-refractivity contribution in [3.05, 3.63) is 59.8 Å². The van der Waals surface area contributed by atoms with Crippen LogP contribution in [0.3, 0.4) is 0 Å². The molecule has 0 radical (unpaired) electrons. The van der Waals surface area contributed by atoms with Crippen molar-refractivity contribution < 1.29 is 13.3 Å². The molecular formula is C16H13FN6O2S. The lowest BCUT2D eigenvalue weighted by atomic mass is 10.2. The standard InChI is InChI=1S/C16H13FN6O2S/c1-10-5-6-18-23(10)8-13-20-21-16(24-13)26-9-14-19-15(22-25-14)11-3-2-4-12(17)7-11/h2-7H,8-9H2,1H3. The van der Waals surface area contributed by atoms with Gasteiger partial charge in [0.1, 0.15) is 12.4 Å². The van der Waals surface area contributed by atoms with E-state index in [0.717, 1.165) is 5.69 Å². The quantitative estimate of drug-likeness (QED) is 0.476. The van der Waals surface area contributed by atoms with Crippen molar-refractivity contribution in [2.45, 2.75) is 24.4 Å². The van der Waals surface area contributed by atoms with Gasteiger partial charge in [0, 0.05) is 17.5 Å². The Balaban J connectivity index is 1.38. The number of hydrogen-bond acceptors (Lipinski definition) is 8. The van der Waals surface area contributed by atoms with Gasteiger partial charge < -0.3 is 8.94 Å². The van der Waals surface area contributed by atoms with Crippen LogP contribution in [0.5, 0.6) is 0 Å². The third-order valence-corrected chi connectivity index (χ3v) is 4.34. The Hall–Kier alpha value is -3.01. The minimum absolute atomic E-state index is 0.334. The Morgan fingerprint density at radius 2 is 2.12 bits per heavy atom. The molecule has 0 saturated carbocycles. The van der Waals surface area contributed by atoms with Gasteiger partial charge in [0.2, 0.25) is 17.6 Å². The van der Waals surface area contributed by atoms with Crippen LogP contribution >= 0.6 is 11.8 Å². The number of aromatic nitrogens is 6. The summed E-state index contributed by atoms with van der Waals surface area (Å²) in [6, 6.07) is 7.92. The maximum atomic E-state index is 13.3. The minimum atomic E-state index is -0.353. The zero-order valence-electron chi connectivity index (χ0n) is 13.7. The van der Waals surface area contributed by atoms with E-state index in [-0.39, 0.29) is 5.82 Å². The van der Waals surface area contributed by atoms with E-state index in [1.54, 1.807) is 23.0 Å². The molecule has 0 aliphatic rings. The first-order valence-corrected chi connectivity index (χ1v) is 8.68. The molecule has 0 fully saturated rings. The molecule has 0 aliphatic carbocycles. The molecular weight excluding hydrogens is 359 g/mol. The summed E-state index contributed by atoms with van der Waals surface area (Å²) in [5.74, 6) is 1.20. The van der Waals surface area contributed by atoms with Crippen molar-refractivity contribution in [2.24, 2.45) is 0 Å². The average molecular weight is 372 g/mol. The molecule has 4 rings (SSSR count). The van der Waals surface area contributed by atoms with Crippen LogP contribution in [-0.2, 0) is 12.3 Å². The summed E-state index contributed by atoms with van der Waals surface area (Å²) in [6.07, 6.45) is 1.72. The van der Waals surface area contributed by atoms with Crippen LogP contribution < -0.4 is 0 Å². The smallest absolute Gasteiger partial charge is 0.277 e. The fourth-order valence-corrected chi connectivity index (χ4v) is 2.85. The summed E-state index contributed by atoms with van der Waals surface area (Å²) in [4.78, 5) is 4.25. The van der Waals surface area contributed by atoms with E-state index in [1.807, 2.05) is 13.0 Å². The van der Waals surface area contributed by atoms with Gasteiger partial charge in [-0.15, -0.1) is 10.2 Å². The molecule has 0 amide bonds. The fourth-order valence-electron chi connectivity index (χ4n) is 2.23. The SMILES string of the molecule is Cc1ccnn1Cc1nnc(SCc2nc(-c3cccc(F)c3)no2)o1. The first-order chi connectivity index (χ1) is 12.7. The number of rotatable bonds is 6. The highest BCUT2D eigenvalue weighted by Gasteiger charge is 2.13. The lowest BCUT2D eigenvalue weighted by molar-refractivity contribution is 0.386. The third-order valence-electron chi connectivity index (χ3n) is 3.53. The molecule has 0 aliphatic heterocycles. The normalized spacial score (nSPS) is 11.2. The second-order valence-electron chi connectivity index (χ2n) is 5.40. The molecule has 3 aromatic heterocycles. The first kappa shape index (κ1) is 16.5. The van der Waals surface area contributed by atoms with E-state index in [4.69, 9.17) is 8.94 Å². The molecule has 0 bridgehead atoms. The predicted molar refractivity (Wildman–Crippen MR) is 89.6 cm³/mol. The predicted octanol–water partition coefficient (Wildman–Crippen LogP) is 3.10. The van der Waals surface area contributed by atoms with E-state index < -0.39 is 0 Å².